The van der Waals surface area contributed by atoms with Crippen LogP contribution in [0.5, 0.6) is 0 Å². The third kappa shape index (κ3) is 4.57. The molecule has 4 heterocycles. The van der Waals surface area contributed by atoms with E-state index in [1.165, 1.54) is 29.2 Å². The molecule has 4 aromatic heterocycles. The number of aromatic nitrogens is 5. The second kappa shape index (κ2) is 9.17. The van der Waals surface area contributed by atoms with E-state index in [0.29, 0.717) is 16.8 Å². The van der Waals surface area contributed by atoms with Gasteiger partial charge in [-0.3, -0.25) is 14.3 Å². The molecule has 4 aromatic rings. The topological polar surface area (TPSA) is 164 Å². The van der Waals surface area contributed by atoms with Crippen LogP contribution in [0.25, 0.3) is 21.3 Å². The predicted molar refractivity (Wildman–Crippen MR) is 122 cm³/mol. The lowest BCUT2D eigenvalue weighted by Crippen LogP contribution is -2.18. The molecule has 12 nitrogen and oxygen atoms in total. The number of hydrogen-bond donors (Lipinski definition) is 2. The highest BCUT2D eigenvalue weighted by molar-refractivity contribution is 7.21. The van der Waals surface area contributed by atoms with E-state index in [1.54, 1.807) is 18.7 Å². The molecule has 182 valence electrons. The highest BCUT2D eigenvalue weighted by Gasteiger charge is 2.26. The number of thiophene rings is 1. The first-order valence-corrected chi connectivity index (χ1v) is 10.9. The number of amides is 2. The molecule has 0 bridgehead atoms. The fourth-order valence-corrected chi connectivity index (χ4v) is 4.50. The highest BCUT2D eigenvalue weighted by atomic mass is 32.1. The Hall–Kier alpha value is -4.27. The fraction of sp³-hybridized carbons (Fsp3) is 0.250. The van der Waals surface area contributed by atoms with E-state index < -0.39 is 28.9 Å². The van der Waals surface area contributed by atoms with Crippen molar-refractivity contribution >= 4 is 44.9 Å². The fourth-order valence-electron chi connectivity index (χ4n) is 3.49. The molecule has 0 fully saturated rings. The van der Waals surface area contributed by atoms with Crippen LogP contribution in [0, 0.1) is 17.0 Å². The third-order valence-electron chi connectivity index (χ3n) is 5.30. The summed E-state index contributed by atoms with van der Waals surface area (Å²) >= 11 is 0.795. The van der Waals surface area contributed by atoms with Gasteiger partial charge in [0.05, 0.1) is 35.8 Å². The van der Waals surface area contributed by atoms with Crippen LogP contribution in [-0.2, 0) is 18.4 Å². The second-order valence-corrected chi connectivity index (χ2v) is 8.50. The van der Waals surface area contributed by atoms with Gasteiger partial charge in [0.25, 0.3) is 12.3 Å². The number of nitrogens with zero attached hydrogens (tertiary/aromatic N) is 6. The van der Waals surface area contributed by atoms with E-state index in [9.17, 15) is 28.5 Å². The van der Waals surface area contributed by atoms with E-state index in [4.69, 9.17) is 5.73 Å². The first-order chi connectivity index (χ1) is 16.6. The van der Waals surface area contributed by atoms with Crippen LogP contribution in [-0.4, -0.2) is 41.3 Å². The molecule has 0 atom stereocenters. The van der Waals surface area contributed by atoms with E-state index in [1.807, 2.05) is 0 Å². The average molecular weight is 504 g/mol. The lowest BCUT2D eigenvalue weighted by molar-refractivity contribution is -0.389. The van der Waals surface area contributed by atoms with Crippen LogP contribution in [0.4, 0.5) is 20.3 Å². The maximum absolute atomic E-state index is 13.6. The molecule has 0 aliphatic carbocycles. The molecular weight excluding hydrogens is 486 g/mol. The summed E-state index contributed by atoms with van der Waals surface area (Å²) in [5, 5.41) is 21.6. The van der Waals surface area contributed by atoms with Crippen molar-refractivity contribution in [3.63, 3.8) is 0 Å². The van der Waals surface area contributed by atoms with Crippen LogP contribution < -0.4 is 11.1 Å². The standard InChI is InChI=1S/C20H18F2N8O4S/c1-9-11(8-24-28(9)2)10-7-12(18(21)22)25-20-15(10)16(17(35-20)19(23)32)26-14(31)4-6-29-5-3-13(27-29)30(33)34/h3,5,7-8,18H,4,6H2,1-2H3,(H2,23,32)(H,26,31). The Kier molecular flexibility index (Phi) is 6.26. The second-order valence-electron chi connectivity index (χ2n) is 7.51. The third-order valence-corrected chi connectivity index (χ3v) is 6.40. The molecule has 0 aliphatic heterocycles. The van der Waals surface area contributed by atoms with Gasteiger partial charge >= 0.3 is 5.82 Å². The lowest BCUT2D eigenvalue weighted by atomic mass is 10.0. The zero-order valence-corrected chi connectivity index (χ0v) is 19.2. The molecule has 35 heavy (non-hydrogen) atoms. The SMILES string of the molecule is Cc1c(-c2cc(C(F)F)nc3sc(C(N)=O)c(NC(=O)CCn4ccc([N+](=O)[O-])n4)c23)cnn1C. The lowest BCUT2D eigenvalue weighted by Gasteiger charge is -2.10. The van der Waals surface area contributed by atoms with Gasteiger partial charge in [-0.25, -0.2) is 13.8 Å². The van der Waals surface area contributed by atoms with Gasteiger partial charge in [-0.15, -0.1) is 11.3 Å². The van der Waals surface area contributed by atoms with Crippen molar-refractivity contribution in [2.24, 2.45) is 12.8 Å². The van der Waals surface area contributed by atoms with Crippen molar-refractivity contribution in [1.29, 1.82) is 0 Å². The summed E-state index contributed by atoms with van der Waals surface area (Å²) in [5.74, 6) is -1.77. The number of nitrogens with one attached hydrogen (secondary N) is 1. The maximum Gasteiger partial charge on any atom is 0.389 e. The maximum atomic E-state index is 13.6. The van der Waals surface area contributed by atoms with Crippen LogP contribution in [0.3, 0.4) is 0 Å². The minimum Gasteiger partial charge on any atom is -0.365 e. The van der Waals surface area contributed by atoms with Gasteiger partial charge in [-0.05, 0) is 23.5 Å². The summed E-state index contributed by atoms with van der Waals surface area (Å²) < 4.78 is 30.0. The summed E-state index contributed by atoms with van der Waals surface area (Å²) in [6.07, 6.45) is -0.153. The number of nitro groups is 1. The molecule has 15 heteroatoms. The molecule has 0 radical (unpaired) electrons. The van der Waals surface area contributed by atoms with Crippen molar-refractivity contribution in [2.45, 2.75) is 26.3 Å². The molecule has 0 saturated carbocycles. The van der Waals surface area contributed by atoms with Gasteiger partial charge in [0.15, 0.2) is 0 Å². The van der Waals surface area contributed by atoms with Crippen LogP contribution in [0.15, 0.2) is 24.5 Å². The molecule has 0 unspecified atom stereocenters. The van der Waals surface area contributed by atoms with Crippen molar-refractivity contribution in [3.8, 4) is 11.1 Å². The number of carbonyl (C=O) groups is 2. The van der Waals surface area contributed by atoms with Gasteiger partial charge in [-0.2, -0.15) is 9.78 Å². The smallest absolute Gasteiger partial charge is 0.365 e. The monoisotopic (exact) mass is 504 g/mol. The van der Waals surface area contributed by atoms with Crippen LogP contribution in [0.2, 0.25) is 0 Å². The number of nitrogens with two attached hydrogens (primary N) is 1. The molecule has 3 N–H and O–H groups in total. The molecular formula is C20H18F2N8O4S. The minimum absolute atomic E-state index is 0.0238. The normalized spacial score (nSPS) is 11.3. The van der Waals surface area contributed by atoms with Crippen LogP contribution >= 0.6 is 11.3 Å². The number of primary amides is 1. The molecule has 2 amide bonds. The van der Waals surface area contributed by atoms with E-state index in [0.717, 1.165) is 11.3 Å². The largest absolute Gasteiger partial charge is 0.389 e. The van der Waals surface area contributed by atoms with Crippen molar-refractivity contribution in [2.75, 3.05) is 5.32 Å². The summed E-state index contributed by atoms with van der Waals surface area (Å²) in [5.41, 5.74) is 6.59. The molecule has 0 aliphatic rings. The van der Waals surface area contributed by atoms with Gasteiger partial charge in [0.2, 0.25) is 5.91 Å². The van der Waals surface area contributed by atoms with E-state index in [-0.39, 0.29) is 39.6 Å². The highest BCUT2D eigenvalue weighted by Crippen LogP contribution is 2.43. The summed E-state index contributed by atoms with van der Waals surface area (Å²) in [6, 6.07) is 2.40. The van der Waals surface area contributed by atoms with Crippen molar-refractivity contribution in [3.05, 3.63) is 50.9 Å². The number of rotatable bonds is 8. The summed E-state index contributed by atoms with van der Waals surface area (Å²) in [6.45, 7) is 1.77. The van der Waals surface area contributed by atoms with Gasteiger partial charge in [-0.1, -0.05) is 0 Å². The van der Waals surface area contributed by atoms with E-state index >= 15 is 0 Å². The number of hydrogen-bond acceptors (Lipinski definition) is 8. The zero-order valence-electron chi connectivity index (χ0n) is 18.4. The zero-order chi connectivity index (χ0) is 25.4. The van der Waals surface area contributed by atoms with Gasteiger partial charge in [0.1, 0.15) is 15.4 Å². The average Bonchev–Trinajstić information content (AvgIpc) is 3.50. The number of alkyl halides is 2. The van der Waals surface area contributed by atoms with Gasteiger partial charge in [0, 0.05) is 30.1 Å². The summed E-state index contributed by atoms with van der Waals surface area (Å²) in [4.78, 5) is 39.1. The first-order valence-electron chi connectivity index (χ1n) is 10.1. The minimum atomic E-state index is -2.87. The first kappa shape index (κ1) is 23.9. The molecule has 0 spiro atoms. The Morgan fingerprint density at radius 3 is 2.66 bits per heavy atom. The number of halogens is 2. The number of pyridine rings is 1. The Bertz CT molecular complexity index is 1480. The van der Waals surface area contributed by atoms with Crippen LogP contribution in [0.1, 0.15) is 33.9 Å². The Morgan fingerprint density at radius 1 is 1.34 bits per heavy atom. The Morgan fingerprint density at radius 2 is 2.09 bits per heavy atom. The number of anilines is 1. The molecule has 4 rings (SSSR count). The summed E-state index contributed by atoms with van der Waals surface area (Å²) in [7, 11) is 1.69. The predicted octanol–water partition coefficient (Wildman–Crippen LogP) is 3.18. The van der Waals surface area contributed by atoms with Crippen molar-refractivity contribution < 1.29 is 23.3 Å². The quantitative estimate of drug-likeness (QED) is 0.275. The van der Waals surface area contributed by atoms with Gasteiger partial charge < -0.3 is 21.2 Å². The number of fused-ring (bicyclic) bond motifs is 1. The molecule has 0 aromatic carbocycles. The van der Waals surface area contributed by atoms with Crippen molar-refractivity contribution in [1.82, 2.24) is 24.5 Å². The Balaban J connectivity index is 1.76. The Labute approximate surface area is 199 Å². The number of aryl methyl sites for hydroxylation is 2. The van der Waals surface area contributed by atoms with E-state index in [2.05, 4.69) is 20.5 Å². The number of carbonyl (C=O) groups excluding carboxylic acids is 2. The molecule has 0 saturated heterocycles.